The molecule has 0 aliphatic rings. The van der Waals surface area contributed by atoms with Crippen LogP contribution in [0.25, 0.3) is 0 Å². The van der Waals surface area contributed by atoms with Crippen molar-refractivity contribution in [1.29, 1.82) is 0 Å². The molecule has 0 saturated carbocycles. The van der Waals surface area contributed by atoms with Gasteiger partial charge < -0.3 is 10.6 Å². The average molecular weight is 302 g/mol. The first kappa shape index (κ1) is 17.8. The number of hydrogen-bond donors (Lipinski definition) is 1. The molecule has 1 aromatic rings. The summed E-state index contributed by atoms with van der Waals surface area (Å²) in [5.41, 5.74) is 7.57. The van der Waals surface area contributed by atoms with Gasteiger partial charge in [-0.1, -0.05) is 19.1 Å². The topological polar surface area (TPSA) is 29.3 Å². The number of likely N-dealkylation sites (N-methyl/N-ethyl adjacent to an activating group) is 1. The maximum Gasteiger partial charge on any atom is 0.389 e. The van der Waals surface area contributed by atoms with E-state index >= 15 is 0 Å². The Balaban J connectivity index is 2.75. The molecule has 5 heteroatoms. The highest BCUT2D eigenvalue weighted by Crippen LogP contribution is 2.29. The highest BCUT2D eigenvalue weighted by Gasteiger charge is 2.31. The van der Waals surface area contributed by atoms with Crippen molar-refractivity contribution < 1.29 is 13.2 Å². The van der Waals surface area contributed by atoms with Gasteiger partial charge in [-0.25, -0.2) is 0 Å². The first-order chi connectivity index (χ1) is 9.72. The number of hydrogen-bond acceptors (Lipinski definition) is 2. The van der Waals surface area contributed by atoms with Crippen LogP contribution in [0.2, 0.25) is 0 Å². The smallest absolute Gasteiger partial charge is 0.368 e. The summed E-state index contributed by atoms with van der Waals surface area (Å²) in [5.74, 6) is 0. The van der Waals surface area contributed by atoms with Crippen LogP contribution in [0.1, 0.15) is 38.7 Å². The quantitative estimate of drug-likeness (QED) is 0.820. The lowest BCUT2D eigenvalue weighted by molar-refractivity contribution is -0.136. The van der Waals surface area contributed by atoms with E-state index < -0.39 is 18.1 Å². The molecule has 0 heterocycles. The minimum atomic E-state index is -4.10. The summed E-state index contributed by atoms with van der Waals surface area (Å²) in [6, 6.07) is 8.07. The van der Waals surface area contributed by atoms with Crippen LogP contribution in [0, 0.1) is 0 Å². The van der Waals surface area contributed by atoms with Gasteiger partial charge in [-0.3, -0.25) is 0 Å². The second-order valence-corrected chi connectivity index (χ2v) is 5.75. The molecule has 0 radical (unpaired) electrons. The van der Waals surface area contributed by atoms with E-state index in [2.05, 4.69) is 6.92 Å². The molecule has 2 N–H and O–H groups in total. The van der Waals surface area contributed by atoms with E-state index in [0.29, 0.717) is 13.0 Å². The molecule has 0 saturated heterocycles. The fourth-order valence-corrected chi connectivity index (χ4v) is 2.34. The van der Waals surface area contributed by atoms with Gasteiger partial charge in [0.2, 0.25) is 0 Å². The standard InChI is InChI=1S/C16H25F3N2/c1-4-13-6-8-14(9-7-13)21(3)15(2,12-20)10-5-11-16(17,18)19/h6-9H,4-5,10-12,20H2,1-3H3. The lowest BCUT2D eigenvalue weighted by atomic mass is 9.92. The van der Waals surface area contributed by atoms with Crippen LogP contribution in [0.4, 0.5) is 18.9 Å². The number of nitrogens with two attached hydrogens (primary N) is 1. The molecule has 1 rings (SSSR count). The average Bonchev–Trinajstić information content (AvgIpc) is 2.45. The van der Waals surface area contributed by atoms with Crippen LogP contribution < -0.4 is 10.6 Å². The third-order valence-corrected chi connectivity index (χ3v) is 4.16. The Labute approximate surface area is 125 Å². The predicted octanol–water partition coefficient (Wildman–Crippen LogP) is 4.14. The first-order valence-corrected chi connectivity index (χ1v) is 7.31. The molecule has 120 valence electrons. The Kier molecular flexibility index (Phi) is 6.08. The van der Waals surface area contributed by atoms with Crippen LogP contribution in [0.3, 0.4) is 0 Å². The van der Waals surface area contributed by atoms with Crippen molar-refractivity contribution in [1.82, 2.24) is 0 Å². The Morgan fingerprint density at radius 1 is 1.10 bits per heavy atom. The van der Waals surface area contributed by atoms with Gasteiger partial charge in [-0.2, -0.15) is 13.2 Å². The summed E-state index contributed by atoms with van der Waals surface area (Å²) in [6.45, 7) is 4.31. The number of anilines is 1. The van der Waals surface area contributed by atoms with Crippen molar-refractivity contribution in [3.63, 3.8) is 0 Å². The van der Waals surface area contributed by atoms with Gasteiger partial charge in [0.1, 0.15) is 0 Å². The normalized spacial score (nSPS) is 14.8. The Morgan fingerprint density at radius 3 is 2.10 bits per heavy atom. The van der Waals surface area contributed by atoms with Crippen molar-refractivity contribution in [2.75, 3.05) is 18.5 Å². The highest BCUT2D eigenvalue weighted by molar-refractivity contribution is 5.49. The predicted molar refractivity (Wildman–Crippen MR) is 81.6 cm³/mol. The monoisotopic (exact) mass is 302 g/mol. The maximum atomic E-state index is 12.3. The molecule has 0 spiro atoms. The largest absolute Gasteiger partial charge is 0.389 e. The molecule has 1 unspecified atom stereocenters. The number of alkyl halides is 3. The fourth-order valence-electron chi connectivity index (χ4n) is 2.34. The summed E-state index contributed by atoms with van der Waals surface area (Å²) in [6.07, 6.45) is -3.39. The third kappa shape index (κ3) is 5.23. The minimum absolute atomic E-state index is 0.0918. The fraction of sp³-hybridized carbons (Fsp3) is 0.625. The summed E-state index contributed by atoms with van der Waals surface area (Å²) in [7, 11) is 1.89. The second kappa shape index (κ2) is 7.16. The zero-order valence-corrected chi connectivity index (χ0v) is 13.0. The van der Waals surface area contributed by atoms with Gasteiger partial charge >= 0.3 is 6.18 Å². The summed E-state index contributed by atoms with van der Waals surface area (Å²) in [5, 5.41) is 0. The molecular formula is C16H25F3N2. The van der Waals surface area contributed by atoms with E-state index in [9.17, 15) is 13.2 Å². The molecular weight excluding hydrogens is 277 g/mol. The lowest BCUT2D eigenvalue weighted by Gasteiger charge is -2.40. The van der Waals surface area contributed by atoms with Gasteiger partial charge in [-0.05, 0) is 43.9 Å². The van der Waals surface area contributed by atoms with Crippen LogP contribution in [-0.2, 0) is 6.42 Å². The van der Waals surface area contributed by atoms with Gasteiger partial charge in [-0.15, -0.1) is 0 Å². The number of nitrogens with zero attached hydrogens (tertiary/aromatic N) is 1. The summed E-state index contributed by atoms with van der Waals surface area (Å²) < 4.78 is 36.9. The van der Waals surface area contributed by atoms with Crippen LogP contribution in [-0.4, -0.2) is 25.3 Å². The first-order valence-electron chi connectivity index (χ1n) is 7.31. The van der Waals surface area contributed by atoms with Crippen LogP contribution in [0.15, 0.2) is 24.3 Å². The molecule has 1 atom stereocenters. The van der Waals surface area contributed by atoms with E-state index in [-0.39, 0.29) is 6.42 Å². The molecule has 2 nitrogen and oxygen atoms in total. The lowest BCUT2D eigenvalue weighted by Crippen LogP contribution is -2.50. The molecule has 0 aromatic heterocycles. The van der Waals surface area contributed by atoms with Crippen molar-refractivity contribution in [3.8, 4) is 0 Å². The molecule has 21 heavy (non-hydrogen) atoms. The Bertz CT molecular complexity index is 428. The van der Waals surface area contributed by atoms with Crippen LogP contribution >= 0.6 is 0 Å². The molecule has 0 bridgehead atoms. The molecule has 0 aliphatic heterocycles. The van der Waals surface area contributed by atoms with E-state index in [1.165, 1.54) is 5.56 Å². The zero-order valence-electron chi connectivity index (χ0n) is 13.0. The molecule has 0 amide bonds. The van der Waals surface area contributed by atoms with E-state index in [0.717, 1.165) is 12.1 Å². The number of benzene rings is 1. The third-order valence-electron chi connectivity index (χ3n) is 4.16. The zero-order chi connectivity index (χ0) is 16.1. The molecule has 0 aliphatic carbocycles. The molecule has 1 aromatic carbocycles. The number of aryl methyl sites for hydroxylation is 1. The second-order valence-electron chi connectivity index (χ2n) is 5.75. The van der Waals surface area contributed by atoms with E-state index in [1.54, 1.807) is 0 Å². The summed E-state index contributed by atoms with van der Waals surface area (Å²) in [4.78, 5) is 1.99. The highest BCUT2D eigenvalue weighted by atomic mass is 19.4. The van der Waals surface area contributed by atoms with Crippen molar-refractivity contribution in [2.45, 2.75) is 51.2 Å². The van der Waals surface area contributed by atoms with Crippen LogP contribution in [0.5, 0.6) is 0 Å². The summed E-state index contributed by atoms with van der Waals surface area (Å²) >= 11 is 0. The van der Waals surface area contributed by atoms with E-state index in [1.807, 2.05) is 43.1 Å². The Morgan fingerprint density at radius 2 is 1.67 bits per heavy atom. The van der Waals surface area contributed by atoms with Crippen molar-refractivity contribution >= 4 is 5.69 Å². The van der Waals surface area contributed by atoms with Crippen molar-refractivity contribution in [2.24, 2.45) is 5.73 Å². The van der Waals surface area contributed by atoms with Gasteiger partial charge in [0.15, 0.2) is 0 Å². The Hall–Kier alpha value is -1.23. The van der Waals surface area contributed by atoms with E-state index in [4.69, 9.17) is 5.73 Å². The van der Waals surface area contributed by atoms with Crippen molar-refractivity contribution in [3.05, 3.63) is 29.8 Å². The van der Waals surface area contributed by atoms with Gasteiger partial charge in [0.05, 0.1) is 0 Å². The maximum absolute atomic E-state index is 12.3. The van der Waals surface area contributed by atoms with Gasteiger partial charge in [0, 0.05) is 31.2 Å². The molecule has 0 fully saturated rings. The minimum Gasteiger partial charge on any atom is -0.368 e. The number of halogens is 3. The SMILES string of the molecule is CCc1ccc(N(C)C(C)(CN)CCCC(F)(F)F)cc1. The van der Waals surface area contributed by atoms with Gasteiger partial charge in [0.25, 0.3) is 0 Å². The number of rotatable bonds is 7.